The lowest BCUT2D eigenvalue weighted by Crippen LogP contribution is -2.38. The van der Waals surface area contributed by atoms with Gasteiger partial charge in [-0.25, -0.2) is 0 Å². The van der Waals surface area contributed by atoms with Crippen LogP contribution in [0.15, 0.2) is 10.3 Å². The molecule has 0 aromatic heterocycles. The van der Waals surface area contributed by atoms with Gasteiger partial charge in [0.15, 0.2) is 0 Å². The van der Waals surface area contributed by atoms with Gasteiger partial charge in [-0.15, -0.1) is 10.3 Å². The molecule has 0 N–H and O–H groups in total. The summed E-state index contributed by atoms with van der Waals surface area (Å²) in [4.78, 5) is 0. The Morgan fingerprint density at radius 1 is 0.938 bits per heavy atom. The van der Waals surface area contributed by atoms with Crippen molar-refractivity contribution in [2.75, 3.05) is 7.11 Å². The van der Waals surface area contributed by atoms with Crippen LogP contribution in [0.25, 0.3) is 0 Å². The van der Waals surface area contributed by atoms with Crippen molar-refractivity contribution in [2.24, 2.45) is 22.1 Å². The van der Waals surface area contributed by atoms with Gasteiger partial charge in [-0.1, -0.05) is 27.7 Å². The van der Waals surface area contributed by atoms with Gasteiger partial charge in [0.1, 0.15) is 0 Å². The van der Waals surface area contributed by atoms with E-state index in [0.717, 1.165) is 0 Å². The summed E-state index contributed by atoms with van der Waals surface area (Å²) >= 11 is 0. The van der Waals surface area contributed by atoms with Gasteiger partial charge in [0.2, 0.25) is 0 Å². The molecule has 5 nitrogen and oxygen atoms in total. The van der Waals surface area contributed by atoms with Crippen LogP contribution in [-0.2, 0) is 13.5 Å². The van der Waals surface area contributed by atoms with Gasteiger partial charge in [0, 0.05) is 26.1 Å². The third-order valence-electron chi connectivity index (χ3n) is 1.53. The van der Waals surface area contributed by atoms with Crippen LogP contribution in [-0.4, -0.2) is 28.3 Å². The van der Waals surface area contributed by atoms with Crippen LogP contribution >= 0.6 is 0 Å². The number of hydrogen-bond acceptors (Lipinski definition) is 5. The summed E-state index contributed by atoms with van der Waals surface area (Å²) in [7, 11) is -1.22. The van der Waals surface area contributed by atoms with Crippen LogP contribution in [0.2, 0.25) is 6.55 Å². The highest BCUT2D eigenvalue weighted by molar-refractivity contribution is 6.59. The Morgan fingerprint density at radius 3 is 1.56 bits per heavy atom. The second-order valence-corrected chi connectivity index (χ2v) is 6.74. The molecular formula is C10H22N2O3Si. The van der Waals surface area contributed by atoms with Gasteiger partial charge in [-0.2, -0.15) is 0 Å². The number of nitrogens with zero attached hydrogens (tertiary/aromatic N) is 2. The minimum Gasteiger partial charge on any atom is -0.384 e. The SMILES string of the molecule is CO[Si](C)(O/N=C/C(C)C)O/N=C/C(C)C. The maximum atomic E-state index is 5.22. The third-order valence-corrected chi connectivity index (χ3v) is 3.14. The van der Waals surface area contributed by atoms with E-state index in [1.54, 1.807) is 19.0 Å². The van der Waals surface area contributed by atoms with Crippen molar-refractivity contribution in [3.05, 3.63) is 0 Å². The van der Waals surface area contributed by atoms with Crippen molar-refractivity contribution in [1.29, 1.82) is 0 Å². The molecule has 0 saturated heterocycles. The molecule has 0 unspecified atom stereocenters. The highest BCUT2D eigenvalue weighted by atomic mass is 28.4. The van der Waals surface area contributed by atoms with Crippen molar-refractivity contribution in [3.63, 3.8) is 0 Å². The predicted molar refractivity (Wildman–Crippen MR) is 67.5 cm³/mol. The molecule has 0 radical (unpaired) electrons. The van der Waals surface area contributed by atoms with Crippen molar-refractivity contribution in [3.8, 4) is 0 Å². The molecule has 0 aromatic carbocycles. The highest BCUT2D eigenvalue weighted by Crippen LogP contribution is 2.09. The Hall–Kier alpha value is -0.883. The molecule has 16 heavy (non-hydrogen) atoms. The highest BCUT2D eigenvalue weighted by Gasteiger charge is 2.39. The minimum absolute atomic E-state index is 0.328. The molecule has 0 aliphatic carbocycles. The molecule has 0 aliphatic rings. The Morgan fingerprint density at radius 2 is 1.31 bits per heavy atom. The van der Waals surface area contributed by atoms with E-state index >= 15 is 0 Å². The number of oxime groups is 2. The van der Waals surface area contributed by atoms with Crippen molar-refractivity contribution in [1.82, 2.24) is 0 Å². The summed E-state index contributed by atoms with van der Waals surface area (Å²) in [6.45, 7) is 9.78. The van der Waals surface area contributed by atoms with Gasteiger partial charge < -0.3 is 13.5 Å². The molecule has 6 heteroatoms. The first-order valence-electron chi connectivity index (χ1n) is 5.38. The van der Waals surface area contributed by atoms with E-state index in [9.17, 15) is 0 Å². The van der Waals surface area contributed by atoms with Crippen molar-refractivity contribution in [2.45, 2.75) is 34.2 Å². The maximum Gasteiger partial charge on any atom is 0.670 e. The molecule has 0 amide bonds. The van der Waals surface area contributed by atoms with Gasteiger partial charge in [-0.3, -0.25) is 0 Å². The zero-order chi connectivity index (χ0) is 12.6. The van der Waals surface area contributed by atoms with Gasteiger partial charge in [-0.05, 0) is 11.8 Å². The molecule has 0 aromatic rings. The summed E-state index contributed by atoms with van der Waals surface area (Å²) in [6.07, 6.45) is 3.39. The molecule has 0 spiro atoms. The Balaban J connectivity index is 4.20. The van der Waals surface area contributed by atoms with Gasteiger partial charge in [0.05, 0.1) is 0 Å². The first-order valence-corrected chi connectivity index (χ1v) is 7.60. The summed E-state index contributed by atoms with van der Waals surface area (Å²) in [5, 5.41) is 7.65. The van der Waals surface area contributed by atoms with Gasteiger partial charge >= 0.3 is 8.80 Å². The molecule has 0 aliphatic heterocycles. The summed E-state index contributed by atoms with van der Waals surface area (Å²) in [6, 6.07) is 0. The van der Waals surface area contributed by atoms with Crippen molar-refractivity contribution >= 4 is 21.2 Å². The quantitative estimate of drug-likeness (QED) is 0.394. The number of hydrogen-bond donors (Lipinski definition) is 0. The molecular weight excluding hydrogens is 224 g/mol. The Kier molecular flexibility index (Phi) is 6.99. The molecule has 94 valence electrons. The van der Waals surface area contributed by atoms with E-state index < -0.39 is 8.80 Å². The topological polar surface area (TPSA) is 52.4 Å². The zero-order valence-electron chi connectivity index (χ0n) is 10.9. The van der Waals surface area contributed by atoms with Crippen LogP contribution < -0.4 is 0 Å². The first kappa shape index (κ1) is 15.1. The lowest BCUT2D eigenvalue weighted by atomic mass is 10.3. The summed E-state index contributed by atoms with van der Waals surface area (Å²) in [5.41, 5.74) is 0. The van der Waals surface area contributed by atoms with E-state index in [4.69, 9.17) is 13.5 Å². The van der Waals surface area contributed by atoms with Crippen LogP contribution in [0.3, 0.4) is 0 Å². The van der Waals surface area contributed by atoms with E-state index in [2.05, 4.69) is 10.3 Å². The van der Waals surface area contributed by atoms with Crippen LogP contribution in [0, 0.1) is 11.8 Å². The molecule has 0 rings (SSSR count). The van der Waals surface area contributed by atoms with E-state index in [0.29, 0.717) is 11.8 Å². The fourth-order valence-corrected chi connectivity index (χ4v) is 1.27. The van der Waals surface area contributed by atoms with Crippen LogP contribution in [0.5, 0.6) is 0 Å². The molecule has 0 fully saturated rings. The zero-order valence-corrected chi connectivity index (χ0v) is 11.9. The monoisotopic (exact) mass is 246 g/mol. The Bertz CT molecular complexity index is 222. The average molecular weight is 246 g/mol. The minimum atomic E-state index is -2.75. The Labute approximate surface area is 98.8 Å². The van der Waals surface area contributed by atoms with E-state index in [1.165, 1.54) is 7.11 Å². The standard InChI is InChI=1S/C10H22N2O3Si/c1-9(2)7-11-14-16(6,13-5)15-12-8-10(3)4/h7-10H,1-6H3/b11-7+,12-8+. The average Bonchev–Trinajstić information content (AvgIpc) is 2.16. The second-order valence-electron chi connectivity index (χ2n) is 4.25. The smallest absolute Gasteiger partial charge is 0.384 e. The fraction of sp³-hybridized carbons (Fsp3) is 0.800. The molecule has 0 bridgehead atoms. The van der Waals surface area contributed by atoms with E-state index in [1.807, 2.05) is 27.7 Å². The second kappa shape index (κ2) is 7.40. The predicted octanol–water partition coefficient (Wildman–Crippen LogP) is 2.52. The maximum absolute atomic E-state index is 5.22. The lowest BCUT2D eigenvalue weighted by molar-refractivity contribution is 0.0907. The van der Waals surface area contributed by atoms with Crippen LogP contribution in [0.1, 0.15) is 27.7 Å². The summed E-state index contributed by atoms with van der Waals surface area (Å²) < 4.78 is 15.6. The summed E-state index contributed by atoms with van der Waals surface area (Å²) in [5.74, 6) is 0.656. The van der Waals surface area contributed by atoms with Crippen LogP contribution in [0.4, 0.5) is 0 Å². The van der Waals surface area contributed by atoms with Gasteiger partial charge in [0.25, 0.3) is 0 Å². The van der Waals surface area contributed by atoms with Crippen molar-refractivity contribution < 1.29 is 13.5 Å². The third kappa shape index (κ3) is 7.41. The lowest BCUT2D eigenvalue weighted by Gasteiger charge is -2.17. The molecule has 0 saturated carbocycles. The van der Waals surface area contributed by atoms with E-state index in [-0.39, 0.29) is 0 Å². The largest absolute Gasteiger partial charge is 0.670 e. The number of rotatable bonds is 7. The molecule has 0 atom stereocenters. The normalized spacial score (nSPS) is 13.2. The fourth-order valence-electron chi connectivity index (χ4n) is 0.587. The molecule has 0 heterocycles. The first-order chi connectivity index (χ1) is 7.39.